The molecule has 0 saturated carbocycles. The topological polar surface area (TPSA) is 99.4 Å². The van der Waals surface area contributed by atoms with Crippen molar-refractivity contribution in [2.75, 3.05) is 97.3 Å². The first kappa shape index (κ1) is 34.4. The molecule has 1 aliphatic rings. The Bertz CT molecular complexity index is 1010. The molecule has 1 saturated heterocycles. The number of carbonyl (C=O) groups is 2. The van der Waals surface area contributed by atoms with Crippen LogP contribution in [0.3, 0.4) is 0 Å². The van der Waals surface area contributed by atoms with Crippen LogP contribution in [0.2, 0.25) is 0 Å². The van der Waals surface area contributed by atoms with E-state index in [-0.39, 0.29) is 30.3 Å². The van der Waals surface area contributed by atoms with E-state index < -0.39 is 12.7 Å². The highest BCUT2D eigenvalue weighted by Crippen LogP contribution is 2.36. The maximum atomic E-state index is 13.3. The third-order valence-electron chi connectivity index (χ3n) is 6.57. The standard InChI is InChI=1S/C30H54N5O4P/c1-29(2,3)23-34-17-15-32(21-27(36)25-11-9-10-12-26(25)31)13-14-33(22-28(37)39-30(4,5)6)16-19-35(20-18-34)24-40(7,8)38/h9-12H,13-24,31H2,1-8H3. The quantitative estimate of drug-likeness (QED) is 0.214. The summed E-state index contributed by atoms with van der Waals surface area (Å²) < 4.78 is 18.4. The summed E-state index contributed by atoms with van der Waals surface area (Å²) in [5, 5.41) is 0. The Morgan fingerprint density at radius 3 is 1.75 bits per heavy atom. The van der Waals surface area contributed by atoms with Gasteiger partial charge in [-0.1, -0.05) is 32.9 Å². The Labute approximate surface area is 242 Å². The number of rotatable bonds is 8. The molecule has 0 atom stereocenters. The third-order valence-corrected chi connectivity index (χ3v) is 7.65. The molecule has 1 aromatic carbocycles. The van der Waals surface area contributed by atoms with Crippen molar-refractivity contribution < 1.29 is 18.9 Å². The van der Waals surface area contributed by atoms with Gasteiger partial charge in [0, 0.05) is 70.2 Å². The summed E-state index contributed by atoms with van der Waals surface area (Å²) in [7, 11) is -2.27. The molecule has 0 bridgehead atoms. The van der Waals surface area contributed by atoms with E-state index in [0.717, 1.165) is 32.7 Å². The smallest absolute Gasteiger partial charge is 0.320 e. The predicted octanol–water partition coefficient (Wildman–Crippen LogP) is 3.64. The van der Waals surface area contributed by atoms with Crippen LogP contribution in [0, 0.1) is 5.41 Å². The van der Waals surface area contributed by atoms with E-state index in [0.29, 0.717) is 43.7 Å². The van der Waals surface area contributed by atoms with E-state index in [4.69, 9.17) is 10.5 Å². The molecule has 0 unspecified atom stereocenters. The predicted molar refractivity (Wildman–Crippen MR) is 166 cm³/mol. The first-order valence-electron chi connectivity index (χ1n) is 14.4. The summed E-state index contributed by atoms with van der Waals surface area (Å²) in [4.78, 5) is 35.0. The van der Waals surface area contributed by atoms with E-state index in [9.17, 15) is 14.2 Å². The molecule has 2 rings (SSSR count). The zero-order chi connectivity index (χ0) is 30.1. The first-order valence-corrected chi connectivity index (χ1v) is 17.2. The summed E-state index contributed by atoms with van der Waals surface area (Å²) in [6, 6.07) is 7.21. The summed E-state index contributed by atoms with van der Waals surface area (Å²) in [6.45, 7) is 23.1. The molecule has 40 heavy (non-hydrogen) atoms. The molecule has 2 N–H and O–H groups in total. The lowest BCUT2D eigenvalue weighted by Gasteiger charge is -2.36. The summed E-state index contributed by atoms with van der Waals surface area (Å²) in [5.41, 5.74) is 6.71. The second kappa shape index (κ2) is 14.9. The van der Waals surface area contributed by atoms with Gasteiger partial charge in [-0.2, -0.15) is 0 Å². The van der Waals surface area contributed by atoms with Crippen molar-refractivity contribution in [3.63, 3.8) is 0 Å². The zero-order valence-corrected chi connectivity index (χ0v) is 27.1. The van der Waals surface area contributed by atoms with E-state index in [2.05, 4.69) is 40.4 Å². The lowest BCUT2D eigenvalue weighted by Crippen LogP contribution is -2.49. The van der Waals surface area contributed by atoms with Gasteiger partial charge in [0.1, 0.15) is 5.60 Å². The number of nitrogen functional groups attached to an aromatic ring is 1. The van der Waals surface area contributed by atoms with Gasteiger partial charge in [0.2, 0.25) is 0 Å². The SMILES string of the molecule is CC(C)(C)CN1CCN(CC(=O)c2ccccc2N)CCN(CC(=O)OC(C)(C)C)CCN(CP(C)(C)=O)CC1. The number of ketones is 1. The van der Waals surface area contributed by atoms with E-state index in [1.165, 1.54) is 0 Å². The van der Waals surface area contributed by atoms with Crippen molar-refractivity contribution in [3.8, 4) is 0 Å². The number of esters is 1. The van der Waals surface area contributed by atoms with Crippen molar-refractivity contribution in [1.29, 1.82) is 0 Å². The Balaban J connectivity index is 2.27. The number of hydrogen-bond acceptors (Lipinski definition) is 9. The van der Waals surface area contributed by atoms with Crippen LogP contribution >= 0.6 is 7.14 Å². The molecule has 1 fully saturated rings. The maximum Gasteiger partial charge on any atom is 0.320 e. The largest absolute Gasteiger partial charge is 0.459 e. The number of nitrogens with zero attached hydrogens (tertiary/aromatic N) is 4. The normalized spacial score (nSPS) is 18.6. The Morgan fingerprint density at radius 2 is 1.27 bits per heavy atom. The lowest BCUT2D eigenvalue weighted by atomic mass is 9.96. The van der Waals surface area contributed by atoms with Crippen LogP contribution < -0.4 is 5.73 Å². The van der Waals surface area contributed by atoms with Gasteiger partial charge in [-0.3, -0.25) is 24.3 Å². The highest BCUT2D eigenvalue weighted by atomic mass is 31.2. The van der Waals surface area contributed by atoms with Crippen LogP contribution in [0.15, 0.2) is 24.3 Å². The number of hydrogen-bond donors (Lipinski definition) is 1. The molecule has 0 amide bonds. The molecular weight excluding hydrogens is 525 g/mol. The highest BCUT2D eigenvalue weighted by Gasteiger charge is 2.25. The van der Waals surface area contributed by atoms with Crippen molar-refractivity contribution >= 4 is 24.6 Å². The molecule has 0 radical (unpaired) electrons. The van der Waals surface area contributed by atoms with Crippen LogP contribution in [0.1, 0.15) is 51.9 Å². The Morgan fingerprint density at radius 1 is 0.800 bits per heavy atom. The number of Topliss-reactive ketones (excluding diaryl/α,β-unsaturated/α-hetero) is 1. The van der Waals surface area contributed by atoms with Gasteiger partial charge in [0.25, 0.3) is 0 Å². The molecule has 1 heterocycles. The minimum absolute atomic E-state index is 0.000855. The first-order chi connectivity index (χ1) is 18.4. The molecule has 9 nitrogen and oxygen atoms in total. The fraction of sp³-hybridized carbons (Fsp3) is 0.733. The lowest BCUT2D eigenvalue weighted by molar-refractivity contribution is -0.156. The van der Waals surface area contributed by atoms with Gasteiger partial charge < -0.3 is 19.9 Å². The Kier molecular flexibility index (Phi) is 12.8. The van der Waals surface area contributed by atoms with Gasteiger partial charge in [0.15, 0.2) is 5.78 Å². The molecule has 0 aliphatic carbocycles. The van der Waals surface area contributed by atoms with Crippen molar-refractivity contribution in [3.05, 3.63) is 29.8 Å². The third kappa shape index (κ3) is 14.2. The number of anilines is 1. The molecule has 1 aromatic rings. The zero-order valence-electron chi connectivity index (χ0n) is 26.2. The monoisotopic (exact) mass is 579 g/mol. The molecular formula is C30H54N5O4P. The average Bonchev–Trinajstić information content (AvgIpc) is 2.78. The molecule has 1 aliphatic heterocycles. The van der Waals surface area contributed by atoms with Crippen molar-refractivity contribution in [2.45, 2.75) is 47.1 Å². The van der Waals surface area contributed by atoms with E-state index in [1.54, 1.807) is 12.1 Å². The van der Waals surface area contributed by atoms with Crippen LogP contribution in [-0.4, -0.2) is 129 Å². The van der Waals surface area contributed by atoms with Crippen LogP contribution in [0.25, 0.3) is 0 Å². The molecule has 0 spiro atoms. The minimum atomic E-state index is -2.27. The van der Waals surface area contributed by atoms with Gasteiger partial charge in [-0.15, -0.1) is 0 Å². The van der Waals surface area contributed by atoms with E-state index in [1.807, 2.05) is 46.2 Å². The number of nitrogens with two attached hydrogens (primary N) is 1. The van der Waals surface area contributed by atoms with Crippen LogP contribution in [0.5, 0.6) is 0 Å². The van der Waals surface area contributed by atoms with Crippen molar-refractivity contribution in [1.82, 2.24) is 19.6 Å². The van der Waals surface area contributed by atoms with E-state index >= 15 is 0 Å². The molecule has 0 aromatic heterocycles. The minimum Gasteiger partial charge on any atom is -0.459 e. The van der Waals surface area contributed by atoms with Gasteiger partial charge in [-0.05, 0) is 51.6 Å². The highest BCUT2D eigenvalue weighted by molar-refractivity contribution is 7.62. The number of para-hydroxylation sites is 1. The second-order valence-electron chi connectivity index (χ2n) is 13.8. The van der Waals surface area contributed by atoms with Crippen LogP contribution in [-0.2, 0) is 14.1 Å². The second-order valence-corrected chi connectivity index (χ2v) is 17.3. The maximum absolute atomic E-state index is 13.3. The fourth-order valence-corrected chi connectivity index (χ4v) is 6.19. The summed E-state index contributed by atoms with van der Waals surface area (Å²) >= 11 is 0. The number of ether oxygens (including phenoxy) is 1. The number of benzene rings is 1. The average molecular weight is 580 g/mol. The molecule has 228 valence electrons. The van der Waals surface area contributed by atoms with Gasteiger partial charge in [-0.25, -0.2) is 0 Å². The van der Waals surface area contributed by atoms with Crippen LogP contribution in [0.4, 0.5) is 5.69 Å². The molecule has 10 heteroatoms. The Hall–Kier alpha value is -1.77. The summed E-state index contributed by atoms with van der Waals surface area (Å²) in [6.07, 6.45) is 0.551. The van der Waals surface area contributed by atoms with Crippen molar-refractivity contribution in [2.24, 2.45) is 5.41 Å². The van der Waals surface area contributed by atoms with Gasteiger partial charge in [0.05, 0.1) is 26.5 Å². The fourth-order valence-electron chi connectivity index (χ4n) is 4.94. The number of carbonyl (C=O) groups excluding carboxylic acids is 2. The summed E-state index contributed by atoms with van der Waals surface area (Å²) in [5.74, 6) is -0.266. The van der Waals surface area contributed by atoms with Gasteiger partial charge >= 0.3 is 5.97 Å².